The standard InChI is InChI=1S/C14H26N4O3/c1-10-8-18(9-11(2)17(10)3)13(19)14(12(15)16-20)4-6-21-7-5-14/h10-11,20H,4-9H2,1-3H3,(H2,15,16). The summed E-state index contributed by atoms with van der Waals surface area (Å²) in [5.74, 6) is -0.0251. The minimum atomic E-state index is -0.914. The first kappa shape index (κ1) is 16.0. The maximum Gasteiger partial charge on any atom is 0.236 e. The highest BCUT2D eigenvalue weighted by Crippen LogP contribution is 2.34. The quantitative estimate of drug-likeness (QED) is 0.326. The molecule has 3 N–H and O–H groups in total. The van der Waals surface area contributed by atoms with Crippen LogP contribution in [-0.2, 0) is 9.53 Å². The fourth-order valence-corrected chi connectivity index (χ4v) is 3.27. The van der Waals surface area contributed by atoms with Crippen molar-refractivity contribution in [3.63, 3.8) is 0 Å². The zero-order valence-electron chi connectivity index (χ0n) is 13.1. The van der Waals surface area contributed by atoms with E-state index in [9.17, 15) is 4.79 Å². The first-order chi connectivity index (χ1) is 9.92. The molecule has 2 heterocycles. The summed E-state index contributed by atoms with van der Waals surface area (Å²) in [5.41, 5.74) is 4.96. The molecule has 2 fully saturated rings. The highest BCUT2D eigenvalue weighted by atomic mass is 16.5. The van der Waals surface area contributed by atoms with Crippen LogP contribution >= 0.6 is 0 Å². The molecule has 2 aliphatic heterocycles. The van der Waals surface area contributed by atoms with Gasteiger partial charge in [0.05, 0.1) is 0 Å². The molecule has 7 nitrogen and oxygen atoms in total. The van der Waals surface area contributed by atoms with Gasteiger partial charge in [-0.1, -0.05) is 5.16 Å². The van der Waals surface area contributed by atoms with Crippen LogP contribution in [0, 0.1) is 5.41 Å². The van der Waals surface area contributed by atoms with Crippen LogP contribution in [0.4, 0.5) is 0 Å². The van der Waals surface area contributed by atoms with Crippen molar-refractivity contribution in [3.8, 4) is 0 Å². The molecule has 7 heteroatoms. The summed E-state index contributed by atoms with van der Waals surface area (Å²) in [6.07, 6.45) is 0.938. The molecule has 2 aliphatic rings. The lowest BCUT2D eigenvalue weighted by atomic mass is 9.77. The van der Waals surface area contributed by atoms with E-state index >= 15 is 0 Å². The maximum absolute atomic E-state index is 13.1. The third-order valence-electron chi connectivity index (χ3n) is 5.00. The van der Waals surface area contributed by atoms with Gasteiger partial charge >= 0.3 is 0 Å². The summed E-state index contributed by atoms with van der Waals surface area (Å²) >= 11 is 0. The van der Waals surface area contributed by atoms with Crippen LogP contribution in [-0.4, -0.2) is 72.2 Å². The summed E-state index contributed by atoms with van der Waals surface area (Å²) < 4.78 is 5.35. The summed E-state index contributed by atoms with van der Waals surface area (Å²) in [7, 11) is 2.07. The zero-order valence-corrected chi connectivity index (χ0v) is 13.1. The molecule has 0 saturated carbocycles. The second-order valence-electron chi connectivity index (χ2n) is 6.25. The average molecular weight is 298 g/mol. The van der Waals surface area contributed by atoms with Crippen molar-refractivity contribution < 1.29 is 14.7 Å². The van der Waals surface area contributed by atoms with Gasteiger partial charge in [0.1, 0.15) is 5.41 Å². The molecule has 0 radical (unpaired) electrons. The number of amides is 1. The Kier molecular flexibility index (Phi) is 4.73. The van der Waals surface area contributed by atoms with Crippen LogP contribution < -0.4 is 5.73 Å². The molecule has 0 aromatic rings. The van der Waals surface area contributed by atoms with E-state index in [4.69, 9.17) is 15.7 Å². The first-order valence-electron chi connectivity index (χ1n) is 7.49. The number of hydrogen-bond acceptors (Lipinski definition) is 5. The van der Waals surface area contributed by atoms with E-state index in [1.807, 2.05) is 4.90 Å². The van der Waals surface area contributed by atoms with Crippen molar-refractivity contribution in [1.29, 1.82) is 0 Å². The molecule has 0 bridgehead atoms. The Balaban J connectivity index is 2.23. The average Bonchev–Trinajstić information content (AvgIpc) is 2.51. The van der Waals surface area contributed by atoms with Gasteiger partial charge < -0.3 is 20.6 Å². The lowest BCUT2D eigenvalue weighted by Crippen LogP contribution is -2.61. The van der Waals surface area contributed by atoms with Crippen LogP contribution in [0.25, 0.3) is 0 Å². The molecule has 120 valence electrons. The van der Waals surface area contributed by atoms with E-state index in [0.29, 0.717) is 51.2 Å². The molecular formula is C14H26N4O3. The molecule has 2 unspecified atom stereocenters. The van der Waals surface area contributed by atoms with E-state index in [1.165, 1.54) is 0 Å². The number of likely N-dealkylation sites (N-methyl/N-ethyl adjacent to an activating group) is 1. The number of amidine groups is 1. The van der Waals surface area contributed by atoms with Crippen molar-refractivity contribution in [2.24, 2.45) is 16.3 Å². The largest absolute Gasteiger partial charge is 0.409 e. The van der Waals surface area contributed by atoms with Crippen molar-refractivity contribution >= 4 is 11.7 Å². The topological polar surface area (TPSA) is 91.4 Å². The lowest BCUT2D eigenvalue weighted by molar-refractivity contribution is -0.146. The number of ether oxygens (including phenoxy) is 1. The van der Waals surface area contributed by atoms with E-state index in [-0.39, 0.29) is 11.7 Å². The fraction of sp³-hybridized carbons (Fsp3) is 0.857. The van der Waals surface area contributed by atoms with Crippen molar-refractivity contribution in [2.45, 2.75) is 38.8 Å². The number of nitrogens with zero attached hydrogens (tertiary/aromatic N) is 3. The first-order valence-corrected chi connectivity index (χ1v) is 7.49. The maximum atomic E-state index is 13.1. The molecule has 0 aromatic carbocycles. The van der Waals surface area contributed by atoms with Gasteiger partial charge in [0.15, 0.2) is 5.84 Å². The second kappa shape index (κ2) is 6.19. The molecule has 2 saturated heterocycles. The van der Waals surface area contributed by atoms with E-state index in [1.54, 1.807) is 0 Å². The Morgan fingerprint density at radius 2 is 1.81 bits per heavy atom. The third-order valence-corrected chi connectivity index (χ3v) is 5.00. The van der Waals surface area contributed by atoms with Crippen LogP contribution in [0.2, 0.25) is 0 Å². The normalized spacial score (nSPS) is 31.2. The van der Waals surface area contributed by atoms with Gasteiger partial charge in [-0.05, 0) is 33.7 Å². The van der Waals surface area contributed by atoms with Gasteiger partial charge in [-0.3, -0.25) is 9.69 Å². The number of oxime groups is 1. The van der Waals surface area contributed by atoms with Crippen molar-refractivity contribution in [1.82, 2.24) is 9.80 Å². The molecule has 2 rings (SSSR count). The lowest BCUT2D eigenvalue weighted by Gasteiger charge is -2.46. The molecule has 0 aromatic heterocycles. The van der Waals surface area contributed by atoms with Crippen molar-refractivity contribution in [3.05, 3.63) is 0 Å². The predicted octanol–water partition coefficient (Wildman–Crippen LogP) is 0.0806. The summed E-state index contributed by atoms with van der Waals surface area (Å²) in [6, 6.07) is 0.587. The van der Waals surface area contributed by atoms with E-state index < -0.39 is 5.41 Å². The van der Waals surface area contributed by atoms with Crippen LogP contribution in [0.15, 0.2) is 5.16 Å². The van der Waals surface area contributed by atoms with Gasteiger partial charge in [0, 0.05) is 38.4 Å². The fourth-order valence-electron chi connectivity index (χ4n) is 3.27. The number of rotatable bonds is 2. The Hall–Kier alpha value is -1.34. The Labute approximate surface area is 125 Å². The molecular weight excluding hydrogens is 272 g/mol. The highest BCUT2D eigenvalue weighted by Gasteiger charge is 2.48. The van der Waals surface area contributed by atoms with Gasteiger partial charge in [-0.15, -0.1) is 0 Å². The minimum absolute atomic E-state index is 0.00929. The van der Waals surface area contributed by atoms with E-state index in [2.05, 4.69) is 31.0 Å². The molecule has 0 spiro atoms. The monoisotopic (exact) mass is 298 g/mol. The number of nitrogens with two attached hydrogens (primary N) is 1. The zero-order chi connectivity index (χ0) is 15.6. The molecule has 21 heavy (non-hydrogen) atoms. The Morgan fingerprint density at radius 3 is 2.29 bits per heavy atom. The van der Waals surface area contributed by atoms with Crippen LogP contribution in [0.5, 0.6) is 0 Å². The number of piperazine rings is 1. The summed E-state index contributed by atoms with van der Waals surface area (Å²) in [6.45, 7) is 6.47. The van der Waals surface area contributed by atoms with Gasteiger partial charge in [0.2, 0.25) is 5.91 Å². The summed E-state index contributed by atoms with van der Waals surface area (Å²) in [4.78, 5) is 17.2. The molecule has 0 aliphatic carbocycles. The van der Waals surface area contributed by atoms with E-state index in [0.717, 1.165) is 0 Å². The van der Waals surface area contributed by atoms with Gasteiger partial charge in [-0.25, -0.2) is 0 Å². The van der Waals surface area contributed by atoms with Crippen LogP contribution in [0.3, 0.4) is 0 Å². The highest BCUT2D eigenvalue weighted by molar-refractivity contribution is 6.06. The minimum Gasteiger partial charge on any atom is -0.409 e. The number of carbonyl (C=O) groups excluding carboxylic acids is 1. The van der Waals surface area contributed by atoms with Gasteiger partial charge in [-0.2, -0.15) is 0 Å². The number of carbonyl (C=O) groups is 1. The Bertz CT molecular complexity index is 408. The van der Waals surface area contributed by atoms with Crippen molar-refractivity contribution in [2.75, 3.05) is 33.4 Å². The third kappa shape index (κ3) is 2.85. The SMILES string of the molecule is CC1CN(C(=O)C2(C(N)=NO)CCOCC2)CC(C)N1C. The molecule has 2 atom stereocenters. The molecule has 1 amide bonds. The predicted molar refractivity (Wildman–Crippen MR) is 79.2 cm³/mol. The summed E-state index contributed by atoms with van der Waals surface area (Å²) in [5, 5.41) is 12.2. The smallest absolute Gasteiger partial charge is 0.236 e. The second-order valence-corrected chi connectivity index (χ2v) is 6.25. The van der Waals surface area contributed by atoms with Gasteiger partial charge in [0.25, 0.3) is 0 Å². The Morgan fingerprint density at radius 1 is 1.29 bits per heavy atom. The van der Waals surface area contributed by atoms with Crippen LogP contribution in [0.1, 0.15) is 26.7 Å². The number of hydrogen-bond donors (Lipinski definition) is 2.